The molecule has 1 heterocycles. The number of likely N-dealkylation sites (N-methyl/N-ethyl adjacent to an activating group) is 1. The van der Waals surface area contributed by atoms with E-state index in [1.807, 2.05) is 55.3 Å². The van der Waals surface area contributed by atoms with Crippen molar-refractivity contribution in [2.24, 2.45) is 0 Å². The van der Waals surface area contributed by atoms with Gasteiger partial charge < -0.3 is 14.5 Å². The van der Waals surface area contributed by atoms with Crippen LogP contribution in [0, 0.1) is 6.92 Å². The SMILES string of the molecule is COc1ccccc1NC(=O)CN(C)Cc1ccc(C)o1. The van der Waals surface area contributed by atoms with Gasteiger partial charge >= 0.3 is 0 Å². The minimum atomic E-state index is -0.0923. The molecule has 1 N–H and O–H groups in total. The summed E-state index contributed by atoms with van der Waals surface area (Å²) in [5.41, 5.74) is 0.673. The number of carbonyl (C=O) groups is 1. The van der Waals surface area contributed by atoms with E-state index in [0.29, 0.717) is 18.0 Å². The number of rotatable bonds is 6. The Labute approximate surface area is 124 Å². The molecule has 0 fully saturated rings. The Morgan fingerprint density at radius 1 is 1.29 bits per heavy atom. The maximum absolute atomic E-state index is 12.0. The fraction of sp³-hybridized carbons (Fsp3) is 0.312. The molecule has 21 heavy (non-hydrogen) atoms. The summed E-state index contributed by atoms with van der Waals surface area (Å²) in [5, 5.41) is 2.85. The van der Waals surface area contributed by atoms with E-state index in [1.165, 1.54) is 0 Å². The Morgan fingerprint density at radius 2 is 2.05 bits per heavy atom. The zero-order valence-corrected chi connectivity index (χ0v) is 12.6. The lowest BCUT2D eigenvalue weighted by atomic mass is 10.3. The lowest BCUT2D eigenvalue weighted by Gasteiger charge is -2.15. The summed E-state index contributed by atoms with van der Waals surface area (Å²) in [5.74, 6) is 2.28. The van der Waals surface area contributed by atoms with Crippen LogP contribution in [-0.2, 0) is 11.3 Å². The van der Waals surface area contributed by atoms with Gasteiger partial charge in [0.25, 0.3) is 0 Å². The molecular weight excluding hydrogens is 268 g/mol. The first kappa shape index (κ1) is 15.1. The largest absolute Gasteiger partial charge is 0.495 e. The van der Waals surface area contributed by atoms with E-state index in [1.54, 1.807) is 7.11 Å². The molecule has 5 nitrogen and oxygen atoms in total. The molecule has 0 saturated heterocycles. The van der Waals surface area contributed by atoms with Gasteiger partial charge in [-0.3, -0.25) is 9.69 Å². The summed E-state index contributed by atoms with van der Waals surface area (Å²) < 4.78 is 10.7. The predicted molar refractivity (Wildman–Crippen MR) is 81.4 cm³/mol. The molecule has 0 aliphatic rings. The summed E-state index contributed by atoms with van der Waals surface area (Å²) >= 11 is 0. The highest BCUT2D eigenvalue weighted by Gasteiger charge is 2.11. The van der Waals surface area contributed by atoms with Crippen LogP contribution >= 0.6 is 0 Å². The molecular formula is C16H20N2O3. The molecule has 2 rings (SSSR count). The first-order valence-corrected chi connectivity index (χ1v) is 6.75. The standard InChI is InChI=1S/C16H20N2O3/c1-12-8-9-13(21-12)10-18(2)11-16(19)17-14-6-4-5-7-15(14)20-3/h4-9H,10-11H2,1-3H3,(H,17,19). The van der Waals surface area contributed by atoms with Gasteiger partial charge in [0, 0.05) is 0 Å². The number of nitrogens with one attached hydrogen (secondary N) is 1. The lowest BCUT2D eigenvalue weighted by molar-refractivity contribution is -0.117. The second-order valence-corrected chi connectivity index (χ2v) is 4.93. The van der Waals surface area contributed by atoms with E-state index in [4.69, 9.17) is 9.15 Å². The van der Waals surface area contributed by atoms with Crippen molar-refractivity contribution in [3.8, 4) is 5.75 Å². The molecule has 0 atom stereocenters. The average Bonchev–Trinajstić information content (AvgIpc) is 2.84. The number of anilines is 1. The van der Waals surface area contributed by atoms with Crippen molar-refractivity contribution in [2.75, 3.05) is 26.0 Å². The Balaban J connectivity index is 1.89. The number of hydrogen-bond acceptors (Lipinski definition) is 4. The summed E-state index contributed by atoms with van der Waals surface area (Å²) in [6.07, 6.45) is 0. The van der Waals surface area contributed by atoms with E-state index < -0.39 is 0 Å². The lowest BCUT2D eigenvalue weighted by Crippen LogP contribution is -2.29. The molecule has 0 saturated carbocycles. The third-order valence-electron chi connectivity index (χ3n) is 3.02. The van der Waals surface area contributed by atoms with Gasteiger partial charge in [-0.25, -0.2) is 0 Å². The third kappa shape index (κ3) is 4.36. The second-order valence-electron chi connectivity index (χ2n) is 4.93. The number of ether oxygens (including phenoxy) is 1. The van der Waals surface area contributed by atoms with Gasteiger partial charge in [0.05, 0.1) is 25.9 Å². The van der Waals surface area contributed by atoms with Crippen molar-refractivity contribution in [3.05, 3.63) is 47.9 Å². The van der Waals surface area contributed by atoms with Crippen LogP contribution in [0.25, 0.3) is 0 Å². The van der Waals surface area contributed by atoms with Crippen LogP contribution in [-0.4, -0.2) is 31.5 Å². The van der Waals surface area contributed by atoms with Crippen LogP contribution in [0.3, 0.4) is 0 Å². The predicted octanol–water partition coefficient (Wildman–Crippen LogP) is 2.67. The molecule has 0 radical (unpaired) electrons. The number of aryl methyl sites for hydroxylation is 1. The third-order valence-corrected chi connectivity index (χ3v) is 3.02. The molecule has 1 amide bonds. The van der Waals surface area contributed by atoms with Crippen molar-refractivity contribution in [1.82, 2.24) is 4.90 Å². The molecule has 0 aliphatic heterocycles. The van der Waals surface area contributed by atoms with Gasteiger partial charge in [-0.1, -0.05) is 12.1 Å². The molecule has 0 aliphatic carbocycles. The maximum atomic E-state index is 12.0. The van der Waals surface area contributed by atoms with E-state index in [0.717, 1.165) is 11.5 Å². The molecule has 5 heteroatoms. The van der Waals surface area contributed by atoms with E-state index in [-0.39, 0.29) is 12.5 Å². The fourth-order valence-corrected chi connectivity index (χ4v) is 2.07. The average molecular weight is 288 g/mol. The first-order chi connectivity index (χ1) is 10.1. The quantitative estimate of drug-likeness (QED) is 0.888. The smallest absolute Gasteiger partial charge is 0.238 e. The number of hydrogen-bond donors (Lipinski definition) is 1. The van der Waals surface area contributed by atoms with Gasteiger partial charge in [0.1, 0.15) is 17.3 Å². The molecule has 1 aromatic heterocycles. The first-order valence-electron chi connectivity index (χ1n) is 6.75. The normalized spacial score (nSPS) is 10.7. The maximum Gasteiger partial charge on any atom is 0.238 e. The van der Waals surface area contributed by atoms with Gasteiger partial charge in [-0.05, 0) is 38.2 Å². The summed E-state index contributed by atoms with van der Waals surface area (Å²) in [6, 6.07) is 11.2. The number of benzene rings is 1. The van der Waals surface area contributed by atoms with Crippen molar-refractivity contribution in [2.45, 2.75) is 13.5 Å². The number of carbonyl (C=O) groups excluding carboxylic acids is 1. The zero-order valence-electron chi connectivity index (χ0n) is 12.6. The number of methoxy groups -OCH3 is 1. The van der Waals surface area contributed by atoms with Crippen molar-refractivity contribution in [3.63, 3.8) is 0 Å². The zero-order chi connectivity index (χ0) is 15.2. The minimum Gasteiger partial charge on any atom is -0.495 e. The monoisotopic (exact) mass is 288 g/mol. The fourth-order valence-electron chi connectivity index (χ4n) is 2.07. The van der Waals surface area contributed by atoms with Crippen LogP contribution in [0.1, 0.15) is 11.5 Å². The van der Waals surface area contributed by atoms with Crippen molar-refractivity contribution < 1.29 is 13.9 Å². The Morgan fingerprint density at radius 3 is 2.71 bits per heavy atom. The molecule has 0 unspecified atom stereocenters. The van der Waals surface area contributed by atoms with Crippen LogP contribution < -0.4 is 10.1 Å². The van der Waals surface area contributed by atoms with E-state index in [2.05, 4.69) is 5.32 Å². The molecule has 2 aromatic rings. The van der Waals surface area contributed by atoms with E-state index >= 15 is 0 Å². The molecule has 112 valence electrons. The minimum absolute atomic E-state index is 0.0923. The summed E-state index contributed by atoms with van der Waals surface area (Å²) in [7, 11) is 3.45. The van der Waals surface area contributed by atoms with Crippen LogP contribution in [0.15, 0.2) is 40.8 Å². The highest BCUT2D eigenvalue weighted by Crippen LogP contribution is 2.22. The highest BCUT2D eigenvalue weighted by atomic mass is 16.5. The Bertz CT molecular complexity index is 607. The van der Waals surface area contributed by atoms with Gasteiger partial charge in [-0.2, -0.15) is 0 Å². The molecule has 0 spiro atoms. The number of amides is 1. The van der Waals surface area contributed by atoms with E-state index in [9.17, 15) is 4.79 Å². The van der Waals surface area contributed by atoms with Gasteiger partial charge in [-0.15, -0.1) is 0 Å². The number of para-hydroxylation sites is 2. The van der Waals surface area contributed by atoms with Crippen molar-refractivity contribution in [1.29, 1.82) is 0 Å². The summed E-state index contributed by atoms with van der Waals surface area (Å²) in [4.78, 5) is 13.9. The van der Waals surface area contributed by atoms with Gasteiger partial charge in [0.15, 0.2) is 0 Å². The summed E-state index contributed by atoms with van der Waals surface area (Å²) in [6.45, 7) is 2.77. The van der Waals surface area contributed by atoms with Gasteiger partial charge in [0.2, 0.25) is 5.91 Å². The van der Waals surface area contributed by atoms with Crippen molar-refractivity contribution >= 4 is 11.6 Å². The van der Waals surface area contributed by atoms with Crippen LogP contribution in [0.5, 0.6) is 5.75 Å². The van der Waals surface area contributed by atoms with Crippen LogP contribution in [0.2, 0.25) is 0 Å². The second kappa shape index (κ2) is 6.95. The molecule has 1 aromatic carbocycles. The number of furan rings is 1. The highest BCUT2D eigenvalue weighted by molar-refractivity contribution is 5.93. The Hall–Kier alpha value is -2.27. The molecule has 0 bridgehead atoms. The van der Waals surface area contributed by atoms with Crippen LogP contribution in [0.4, 0.5) is 5.69 Å². The Kier molecular flexibility index (Phi) is 5.00. The number of nitrogens with zero attached hydrogens (tertiary/aromatic N) is 1. The topological polar surface area (TPSA) is 54.7 Å².